The molecule has 1 saturated heterocycles. The fourth-order valence-corrected chi connectivity index (χ4v) is 2.18. The largest absolute Gasteiger partial charge is 0.492 e. The van der Waals surface area contributed by atoms with Gasteiger partial charge in [0.2, 0.25) is 5.91 Å². The van der Waals surface area contributed by atoms with E-state index in [0.717, 1.165) is 12.3 Å². The number of rotatable bonds is 6. The van der Waals surface area contributed by atoms with Crippen LogP contribution in [0.4, 0.5) is 0 Å². The van der Waals surface area contributed by atoms with Crippen molar-refractivity contribution in [3.8, 4) is 11.8 Å². The van der Waals surface area contributed by atoms with E-state index >= 15 is 0 Å². The second-order valence-corrected chi connectivity index (χ2v) is 4.83. The van der Waals surface area contributed by atoms with E-state index in [-0.39, 0.29) is 18.5 Å². The van der Waals surface area contributed by atoms with Crippen molar-refractivity contribution in [1.82, 2.24) is 15.5 Å². The molecule has 1 aliphatic heterocycles. The molecule has 0 spiro atoms. The van der Waals surface area contributed by atoms with Gasteiger partial charge in [-0.2, -0.15) is 5.26 Å². The quantitative estimate of drug-likeness (QED) is 0.719. The van der Waals surface area contributed by atoms with Crippen molar-refractivity contribution in [2.45, 2.75) is 6.04 Å². The molecule has 1 aliphatic rings. The number of nitrogens with one attached hydrogen (secondary N) is 2. The molecule has 1 fully saturated rings. The van der Waals surface area contributed by atoms with Gasteiger partial charge in [-0.1, -0.05) is 18.2 Å². The molecule has 6 heteroatoms. The summed E-state index contributed by atoms with van der Waals surface area (Å²) in [6.07, 6.45) is 0. The van der Waals surface area contributed by atoms with Gasteiger partial charge in [0.05, 0.1) is 19.2 Å². The minimum absolute atomic E-state index is 0.0752. The number of para-hydroxylation sites is 1. The van der Waals surface area contributed by atoms with Crippen LogP contribution < -0.4 is 15.4 Å². The van der Waals surface area contributed by atoms with Crippen LogP contribution in [0.2, 0.25) is 0 Å². The predicted octanol–water partition coefficient (Wildman–Crippen LogP) is -0.0210. The molecule has 1 aromatic rings. The highest BCUT2D eigenvalue weighted by Gasteiger charge is 2.23. The predicted molar refractivity (Wildman–Crippen MR) is 78.8 cm³/mol. The number of carbonyl (C=O) groups excluding carboxylic acids is 1. The molecule has 1 heterocycles. The van der Waals surface area contributed by atoms with E-state index in [1.165, 1.54) is 0 Å². The standard InChI is InChI=1S/C15H20N4O2/c16-10-13-11-17-6-8-19(13)12-15(20)18-7-9-21-14-4-2-1-3-5-14/h1-5,13,17H,6-9,11-12H2,(H,18,20). The smallest absolute Gasteiger partial charge is 0.234 e. The second-order valence-electron chi connectivity index (χ2n) is 4.83. The minimum atomic E-state index is -0.231. The number of piperazine rings is 1. The monoisotopic (exact) mass is 288 g/mol. The first-order chi connectivity index (χ1) is 10.3. The molecule has 0 aromatic heterocycles. The summed E-state index contributed by atoms with van der Waals surface area (Å²) in [5, 5.41) is 15.0. The maximum atomic E-state index is 11.8. The lowest BCUT2D eigenvalue weighted by atomic mass is 10.2. The first-order valence-electron chi connectivity index (χ1n) is 7.08. The Balaban J connectivity index is 1.64. The Morgan fingerprint density at radius 1 is 1.48 bits per heavy atom. The van der Waals surface area contributed by atoms with Crippen LogP contribution in [0.25, 0.3) is 0 Å². The van der Waals surface area contributed by atoms with Gasteiger partial charge in [-0.05, 0) is 12.1 Å². The lowest BCUT2D eigenvalue weighted by Gasteiger charge is -2.31. The van der Waals surface area contributed by atoms with Crippen molar-refractivity contribution in [3.63, 3.8) is 0 Å². The summed E-state index contributed by atoms with van der Waals surface area (Å²) in [7, 11) is 0. The number of amides is 1. The van der Waals surface area contributed by atoms with Crippen molar-refractivity contribution < 1.29 is 9.53 Å². The fraction of sp³-hybridized carbons (Fsp3) is 0.467. The maximum Gasteiger partial charge on any atom is 0.234 e. The lowest BCUT2D eigenvalue weighted by molar-refractivity contribution is -0.122. The molecule has 21 heavy (non-hydrogen) atoms. The van der Waals surface area contributed by atoms with E-state index in [4.69, 9.17) is 10.00 Å². The van der Waals surface area contributed by atoms with Gasteiger partial charge in [0.1, 0.15) is 18.4 Å². The van der Waals surface area contributed by atoms with Crippen LogP contribution in [0.1, 0.15) is 0 Å². The molecule has 0 radical (unpaired) electrons. The Morgan fingerprint density at radius 3 is 3.05 bits per heavy atom. The number of hydrogen-bond acceptors (Lipinski definition) is 5. The van der Waals surface area contributed by atoms with Gasteiger partial charge in [-0.3, -0.25) is 9.69 Å². The van der Waals surface area contributed by atoms with Crippen LogP contribution >= 0.6 is 0 Å². The molecule has 0 saturated carbocycles. The van der Waals surface area contributed by atoms with E-state index in [0.29, 0.717) is 26.2 Å². The fourth-order valence-electron chi connectivity index (χ4n) is 2.18. The molecule has 1 aromatic carbocycles. The molecule has 0 bridgehead atoms. The molecule has 0 aliphatic carbocycles. The number of nitriles is 1. The van der Waals surface area contributed by atoms with E-state index in [1.807, 2.05) is 35.2 Å². The molecule has 112 valence electrons. The summed E-state index contributed by atoms with van der Waals surface area (Å²) in [6.45, 7) is 3.27. The van der Waals surface area contributed by atoms with Crippen LogP contribution in [0, 0.1) is 11.3 Å². The van der Waals surface area contributed by atoms with Gasteiger partial charge in [0.25, 0.3) is 0 Å². The molecule has 2 rings (SSSR count). The number of ether oxygens (including phenoxy) is 1. The summed E-state index contributed by atoms with van der Waals surface area (Å²) in [6, 6.07) is 11.5. The summed E-state index contributed by atoms with van der Waals surface area (Å²) in [5.41, 5.74) is 0. The SMILES string of the molecule is N#CC1CNCCN1CC(=O)NCCOc1ccccc1. The summed E-state index contributed by atoms with van der Waals surface area (Å²) >= 11 is 0. The Labute approximate surface area is 124 Å². The molecule has 1 unspecified atom stereocenters. The highest BCUT2D eigenvalue weighted by atomic mass is 16.5. The number of hydrogen-bond donors (Lipinski definition) is 2. The van der Waals surface area contributed by atoms with E-state index in [2.05, 4.69) is 16.7 Å². The van der Waals surface area contributed by atoms with Crippen LogP contribution in [0.3, 0.4) is 0 Å². The molecule has 1 amide bonds. The Morgan fingerprint density at radius 2 is 2.29 bits per heavy atom. The van der Waals surface area contributed by atoms with Crippen LogP contribution in [0.5, 0.6) is 5.75 Å². The van der Waals surface area contributed by atoms with Gasteiger partial charge in [-0.25, -0.2) is 0 Å². The third-order valence-corrected chi connectivity index (χ3v) is 3.29. The topological polar surface area (TPSA) is 77.4 Å². The maximum absolute atomic E-state index is 11.8. The van der Waals surface area contributed by atoms with Gasteiger partial charge in [0.15, 0.2) is 0 Å². The number of carbonyl (C=O) groups is 1. The minimum Gasteiger partial charge on any atom is -0.492 e. The third kappa shape index (κ3) is 5.06. The summed E-state index contributed by atoms with van der Waals surface area (Å²) in [5.74, 6) is 0.715. The van der Waals surface area contributed by atoms with E-state index < -0.39 is 0 Å². The summed E-state index contributed by atoms with van der Waals surface area (Å²) in [4.78, 5) is 13.7. The van der Waals surface area contributed by atoms with Crippen molar-refractivity contribution in [2.75, 3.05) is 39.3 Å². The summed E-state index contributed by atoms with van der Waals surface area (Å²) < 4.78 is 5.50. The van der Waals surface area contributed by atoms with Gasteiger partial charge < -0.3 is 15.4 Å². The van der Waals surface area contributed by atoms with Crippen LogP contribution in [-0.2, 0) is 4.79 Å². The van der Waals surface area contributed by atoms with Crippen molar-refractivity contribution in [2.24, 2.45) is 0 Å². The van der Waals surface area contributed by atoms with Crippen molar-refractivity contribution in [3.05, 3.63) is 30.3 Å². The van der Waals surface area contributed by atoms with Crippen molar-refractivity contribution >= 4 is 5.91 Å². The normalized spacial score (nSPS) is 18.7. The molecule has 1 atom stereocenters. The van der Waals surface area contributed by atoms with Gasteiger partial charge in [0, 0.05) is 19.6 Å². The van der Waals surface area contributed by atoms with Gasteiger partial charge >= 0.3 is 0 Å². The zero-order chi connectivity index (χ0) is 14.9. The molecular weight excluding hydrogens is 268 g/mol. The average molecular weight is 288 g/mol. The third-order valence-electron chi connectivity index (χ3n) is 3.29. The Kier molecular flexibility index (Phi) is 6.00. The van der Waals surface area contributed by atoms with Crippen LogP contribution in [-0.4, -0.2) is 56.2 Å². The second kappa shape index (κ2) is 8.25. The zero-order valence-corrected chi connectivity index (χ0v) is 11.9. The highest BCUT2D eigenvalue weighted by Crippen LogP contribution is 2.07. The molecule has 6 nitrogen and oxygen atoms in total. The number of nitrogens with zero attached hydrogens (tertiary/aromatic N) is 2. The average Bonchev–Trinajstić information content (AvgIpc) is 2.53. The lowest BCUT2D eigenvalue weighted by Crippen LogP contribution is -2.53. The van der Waals surface area contributed by atoms with E-state index in [1.54, 1.807) is 0 Å². The molecule has 2 N–H and O–H groups in total. The first kappa shape index (κ1) is 15.3. The Hall–Kier alpha value is -2.10. The number of benzene rings is 1. The van der Waals surface area contributed by atoms with E-state index in [9.17, 15) is 4.79 Å². The Bertz CT molecular complexity index is 486. The van der Waals surface area contributed by atoms with Crippen molar-refractivity contribution in [1.29, 1.82) is 5.26 Å². The van der Waals surface area contributed by atoms with Gasteiger partial charge in [-0.15, -0.1) is 0 Å². The zero-order valence-electron chi connectivity index (χ0n) is 11.9. The molecular formula is C15H20N4O2. The first-order valence-corrected chi connectivity index (χ1v) is 7.08. The van der Waals surface area contributed by atoms with Crippen LogP contribution in [0.15, 0.2) is 30.3 Å². The highest BCUT2D eigenvalue weighted by molar-refractivity contribution is 5.78.